The van der Waals surface area contributed by atoms with E-state index in [1.165, 1.54) is 0 Å². The Morgan fingerprint density at radius 3 is 2.92 bits per heavy atom. The van der Waals surface area contributed by atoms with Crippen LogP contribution in [0.5, 0.6) is 0 Å². The second kappa shape index (κ2) is 2.67. The van der Waals surface area contributed by atoms with Gasteiger partial charge in [0.15, 0.2) is 0 Å². The highest BCUT2D eigenvalue weighted by Gasteiger charge is 2.23. The monoisotopic (exact) mass is 160 g/mol. The summed E-state index contributed by atoms with van der Waals surface area (Å²) in [6.07, 6.45) is 10.7. The fraction of sp³-hybridized carbons (Fsp3) is 0.273. The zero-order valence-corrected chi connectivity index (χ0v) is 7.16. The molecule has 0 aromatic heterocycles. The van der Waals surface area contributed by atoms with Gasteiger partial charge in [0.2, 0.25) is 0 Å². The average molecular weight is 160 g/mol. The highest BCUT2D eigenvalue weighted by Crippen LogP contribution is 2.28. The van der Waals surface area contributed by atoms with Crippen LogP contribution in [0.3, 0.4) is 0 Å². The third-order valence-corrected chi connectivity index (χ3v) is 2.29. The minimum absolute atomic E-state index is 0.172. The van der Waals surface area contributed by atoms with Crippen molar-refractivity contribution < 1.29 is 4.74 Å². The van der Waals surface area contributed by atoms with Crippen LogP contribution in [0.4, 0.5) is 0 Å². The molecule has 1 heteroatoms. The van der Waals surface area contributed by atoms with Crippen molar-refractivity contribution in [1.82, 2.24) is 0 Å². The molecule has 1 nitrogen and oxygen atoms in total. The predicted octanol–water partition coefficient (Wildman–Crippen LogP) is 2.59. The van der Waals surface area contributed by atoms with Crippen LogP contribution >= 0.6 is 0 Å². The van der Waals surface area contributed by atoms with E-state index in [9.17, 15) is 0 Å². The average Bonchev–Trinajstić information content (AvgIpc) is 2.07. The molecule has 2 unspecified atom stereocenters. The third kappa shape index (κ3) is 1.11. The molecule has 0 saturated carbocycles. The second-order valence-electron chi connectivity index (χ2n) is 3.20. The predicted molar refractivity (Wildman–Crippen MR) is 49.5 cm³/mol. The zero-order chi connectivity index (χ0) is 8.55. The van der Waals surface area contributed by atoms with Gasteiger partial charge in [-0.3, -0.25) is 0 Å². The Balaban J connectivity index is 2.31. The van der Waals surface area contributed by atoms with Crippen LogP contribution in [0.15, 0.2) is 48.3 Å². The second-order valence-corrected chi connectivity index (χ2v) is 3.20. The van der Waals surface area contributed by atoms with E-state index in [0.717, 1.165) is 11.3 Å². The Labute approximate surface area is 72.7 Å². The molecule has 0 aromatic rings. The molecule has 2 rings (SSSR count). The van der Waals surface area contributed by atoms with Gasteiger partial charge >= 0.3 is 0 Å². The minimum Gasteiger partial charge on any atom is -0.486 e. The highest BCUT2D eigenvalue weighted by atomic mass is 16.5. The van der Waals surface area contributed by atoms with Crippen LogP contribution in [0, 0.1) is 5.92 Å². The summed E-state index contributed by atoms with van der Waals surface area (Å²) >= 11 is 0. The molecule has 62 valence electrons. The Hall–Kier alpha value is -1.24. The van der Waals surface area contributed by atoms with Crippen molar-refractivity contribution in [2.75, 3.05) is 0 Å². The number of ether oxygens (including phenoxy) is 1. The first kappa shape index (κ1) is 7.41. The molecule has 1 heterocycles. The Bertz CT molecular complexity index is 294. The van der Waals surface area contributed by atoms with Gasteiger partial charge < -0.3 is 4.74 Å². The fourth-order valence-electron chi connectivity index (χ4n) is 1.51. The summed E-state index contributed by atoms with van der Waals surface area (Å²) in [4.78, 5) is 0. The number of hydrogen-bond donors (Lipinski definition) is 0. The van der Waals surface area contributed by atoms with Gasteiger partial charge in [0, 0.05) is 5.92 Å². The van der Waals surface area contributed by atoms with Gasteiger partial charge in [0.05, 0.1) is 0 Å². The molecular formula is C11H12O. The SMILES string of the molecule is C=C1OC2C=CC=CC2C=C1C. The van der Waals surface area contributed by atoms with Crippen LogP contribution in [0.2, 0.25) is 0 Å². The van der Waals surface area contributed by atoms with Crippen molar-refractivity contribution in [3.8, 4) is 0 Å². The highest BCUT2D eigenvalue weighted by molar-refractivity contribution is 5.32. The normalized spacial score (nSPS) is 32.4. The number of hydrogen-bond acceptors (Lipinski definition) is 1. The van der Waals surface area contributed by atoms with Gasteiger partial charge in [-0.05, 0) is 18.6 Å². The van der Waals surface area contributed by atoms with E-state index >= 15 is 0 Å². The van der Waals surface area contributed by atoms with Crippen LogP contribution in [-0.4, -0.2) is 6.10 Å². The van der Waals surface area contributed by atoms with E-state index in [2.05, 4.69) is 30.9 Å². The van der Waals surface area contributed by atoms with Crippen LogP contribution in [0.25, 0.3) is 0 Å². The first-order valence-corrected chi connectivity index (χ1v) is 4.17. The summed E-state index contributed by atoms with van der Waals surface area (Å²) in [5.74, 6) is 1.21. The van der Waals surface area contributed by atoms with Crippen molar-refractivity contribution in [3.05, 3.63) is 48.3 Å². The quantitative estimate of drug-likeness (QED) is 0.529. The Morgan fingerprint density at radius 2 is 2.08 bits per heavy atom. The summed E-state index contributed by atoms with van der Waals surface area (Å²) in [7, 11) is 0. The first-order valence-electron chi connectivity index (χ1n) is 4.17. The molecule has 12 heavy (non-hydrogen) atoms. The molecule has 0 aromatic carbocycles. The Kier molecular flexibility index (Phi) is 1.65. The van der Waals surface area contributed by atoms with Crippen molar-refractivity contribution in [2.24, 2.45) is 5.92 Å². The Morgan fingerprint density at radius 1 is 1.33 bits per heavy atom. The van der Waals surface area contributed by atoms with Crippen molar-refractivity contribution in [3.63, 3.8) is 0 Å². The van der Waals surface area contributed by atoms with Gasteiger partial charge in [-0.25, -0.2) is 0 Å². The standard InChI is InChI=1S/C11H12O/c1-8-7-10-5-3-4-6-11(10)12-9(8)2/h3-7,10-11H,2H2,1H3. The molecule has 0 N–H and O–H groups in total. The lowest BCUT2D eigenvalue weighted by molar-refractivity contribution is 0.129. The van der Waals surface area contributed by atoms with Crippen molar-refractivity contribution in [1.29, 1.82) is 0 Å². The summed E-state index contributed by atoms with van der Waals surface area (Å²) in [6, 6.07) is 0. The lowest BCUT2D eigenvalue weighted by Crippen LogP contribution is -2.24. The molecular weight excluding hydrogens is 148 g/mol. The molecule has 1 aliphatic carbocycles. The molecule has 1 aliphatic heterocycles. The van der Waals surface area contributed by atoms with E-state index in [1.54, 1.807) is 0 Å². The lowest BCUT2D eigenvalue weighted by atomic mass is 9.92. The van der Waals surface area contributed by atoms with E-state index < -0.39 is 0 Å². The molecule has 0 amide bonds. The fourth-order valence-corrected chi connectivity index (χ4v) is 1.51. The topological polar surface area (TPSA) is 9.23 Å². The molecule has 0 spiro atoms. The minimum atomic E-state index is 0.172. The molecule has 2 aliphatic rings. The maximum Gasteiger partial charge on any atom is 0.127 e. The summed E-state index contributed by atoms with van der Waals surface area (Å²) in [6.45, 7) is 5.87. The third-order valence-electron chi connectivity index (χ3n) is 2.29. The van der Waals surface area contributed by atoms with Crippen molar-refractivity contribution >= 4 is 0 Å². The summed E-state index contributed by atoms with van der Waals surface area (Å²) < 4.78 is 5.60. The smallest absolute Gasteiger partial charge is 0.127 e. The van der Waals surface area contributed by atoms with Gasteiger partial charge in [-0.1, -0.05) is 30.9 Å². The van der Waals surface area contributed by atoms with E-state index in [-0.39, 0.29) is 6.10 Å². The van der Waals surface area contributed by atoms with Gasteiger partial charge in [-0.2, -0.15) is 0 Å². The lowest BCUT2D eigenvalue weighted by Gasteiger charge is -2.29. The van der Waals surface area contributed by atoms with E-state index in [1.807, 2.05) is 13.0 Å². The van der Waals surface area contributed by atoms with Crippen LogP contribution < -0.4 is 0 Å². The van der Waals surface area contributed by atoms with Gasteiger partial charge in [0.1, 0.15) is 11.9 Å². The largest absolute Gasteiger partial charge is 0.486 e. The number of fused-ring (bicyclic) bond motifs is 1. The molecule has 2 atom stereocenters. The number of allylic oxidation sites excluding steroid dienone is 3. The summed E-state index contributed by atoms with van der Waals surface area (Å²) in [5, 5.41) is 0. The first-order chi connectivity index (χ1) is 5.77. The summed E-state index contributed by atoms with van der Waals surface area (Å²) in [5.41, 5.74) is 1.15. The van der Waals surface area contributed by atoms with Gasteiger partial charge in [-0.15, -0.1) is 0 Å². The maximum atomic E-state index is 5.60. The van der Waals surface area contributed by atoms with Crippen molar-refractivity contribution in [2.45, 2.75) is 13.0 Å². The molecule has 0 fully saturated rings. The molecule has 0 bridgehead atoms. The van der Waals surface area contributed by atoms with E-state index in [4.69, 9.17) is 4.74 Å². The molecule has 0 radical (unpaired) electrons. The van der Waals surface area contributed by atoms with Crippen LogP contribution in [-0.2, 0) is 4.74 Å². The van der Waals surface area contributed by atoms with E-state index in [0.29, 0.717) is 5.92 Å². The zero-order valence-electron chi connectivity index (χ0n) is 7.16. The number of rotatable bonds is 0. The van der Waals surface area contributed by atoms with Crippen LogP contribution in [0.1, 0.15) is 6.92 Å². The molecule has 0 saturated heterocycles. The maximum absolute atomic E-state index is 5.60. The van der Waals surface area contributed by atoms with Gasteiger partial charge in [0.25, 0.3) is 0 Å².